The third-order valence-corrected chi connectivity index (χ3v) is 2.75. The zero-order chi connectivity index (χ0) is 6.91. The Morgan fingerprint density at radius 1 is 1.33 bits per heavy atom. The number of aliphatic hydroxyl groups is 1. The lowest BCUT2D eigenvalue weighted by molar-refractivity contribution is 0.0577. The number of hydrogen-bond donors (Lipinski definition) is 1. The standard InChI is InChI=1S/C8H16O/c1-7(9)8(2)5-3-4-6-8/h7,9H,3-6H2,1-2H3/t7-/m0/s1. The predicted octanol–water partition coefficient (Wildman–Crippen LogP) is 1.95. The first-order valence-electron chi connectivity index (χ1n) is 3.83. The Morgan fingerprint density at radius 2 is 1.78 bits per heavy atom. The second-order valence-electron chi connectivity index (χ2n) is 3.54. The second kappa shape index (κ2) is 2.30. The van der Waals surface area contributed by atoms with Crippen molar-refractivity contribution in [1.82, 2.24) is 0 Å². The largest absolute Gasteiger partial charge is 0.393 e. The van der Waals surface area contributed by atoms with Crippen LogP contribution < -0.4 is 0 Å². The van der Waals surface area contributed by atoms with Crippen LogP contribution in [0.1, 0.15) is 39.5 Å². The Hall–Kier alpha value is -0.0400. The van der Waals surface area contributed by atoms with E-state index in [1.807, 2.05) is 6.92 Å². The molecule has 0 spiro atoms. The molecule has 1 N–H and O–H groups in total. The molecule has 1 atom stereocenters. The van der Waals surface area contributed by atoms with Crippen LogP contribution in [0, 0.1) is 5.41 Å². The minimum Gasteiger partial charge on any atom is -0.393 e. The van der Waals surface area contributed by atoms with Crippen molar-refractivity contribution in [3.05, 3.63) is 0 Å². The van der Waals surface area contributed by atoms with E-state index in [0.29, 0.717) is 0 Å². The lowest BCUT2D eigenvalue weighted by atomic mass is 9.84. The molecule has 0 bridgehead atoms. The van der Waals surface area contributed by atoms with E-state index in [1.54, 1.807) is 0 Å². The quantitative estimate of drug-likeness (QED) is 0.572. The van der Waals surface area contributed by atoms with E-state index in [9.17, 15) is 5.11 Å². The minimum atomic E-state index is -0.111. The Bertz CT molecular complexity index is 90.7. The molecule has 1 heteroatoms. The maximum absolute atomic E-state index is 9.31. The number of hydrogen-bond acceptors (Lipinski definition) is 1. The Labute approximate surface area is 57.1 Å². The van der Waals surface area contributed by atoms with Gasteiger partial charge >= 0.3 is 0 Å². The first-order chi connectivity index (χ1) is 4.15. The number of aliphatic hydroxyl groups excluding tert-OH is 1. The van der Waals surface area contributed by atoms with Crippen molar-refractivity contribution in [3.8, 4) is 0 Å². The molecule has 0 heterocycles. The molecular formula is C8H16O. The fourth-order valence-electron chi connectivity index (χ4n) is 1.60. The lowest BCUT2D eigenvalue weighted by Gasteiger charge is -2.26. The normalized spacial score (nSPS) is 28.3. The van der Waals surface area contributed by atoms with Crippen LogP contribution >= 0.6 is 0 Å². The molecule has 0 saturated heterocycles. The summed E-state index contributed by atoms with van der Waals surface area (Å²) in [6.45, 7) is 4.09. The molecule has 0 aromatic heterocycles. The highest BCUT2D eigenvalue weighted by Crippen LogP contribution is 2.40. The van der Waals surface area contributed by atoms with Crippen LogP contribution in [0.25, 0.3) is 0 Å². The van der Waals surface area contributed by atoms with Gasteiger partial charge in [-0.15, -0.1) is 0 Å². The molecule has 1 nitrogen and oxygen atoms in total. The summed E-state index contributed by atoms with van der Waals surface area (Å²) in [5, 5.41) is 9.31. The zero-order valence-electron chi connectivity index (χ0n) is 6.35. The molecule has 1 rings (SSSR count). The highest BCUT2D eigenvalue weighted by Gasteiger charge is 2.32. The van der Waals surface area contributed by atoms with Gasteiger partial charge in [-0.3, -0.25) is 0 Å². The van der Waals surface area contributed by atoms with E-state index in [1.165, 1.54) is 25.7 Å². The van der Waals surface area contributed by atoms with E-state index in [2.05, 4.69) is 6.92 Å². The van der Waals surface area contributed by atoms with Crippen molar-refractivity contribution in [2.24, 2.45) is 5.41 Å². The van der Waals surface area contributed by atoms with Gasteiger partial charge in [0.25, 0.3) is 0 Å². The molecule has 54 valence electrons. The van der Waals surface area contributed by atoms with Crippen molar-refractivity contribution in [3.63, 3.8) is 0 Å². The molecule has 1 aliphatic rings. The molecule has 0 aromatic carbocycles. The Balaban J connectivity index is 2.51. The Kier molecular flexibility index (Phi) is 1.80. The summed E-state index contributed by atoms with van der Waals surface area (Å²) in [6, 6.07) is 0. The topological polar surface area (TPSA) is 20.2 Å². The summed E-state index contributed by atoms with van der Waals surface area (Å²) in [7, 11) is 0. The monoisotopic (exact) mass is 128 g/mol. The van der Waals surface area contributed by atoms with E-state index in [4.69, 9.17) is 0 Å². The van der Waals surface area contributed by atoms with E-state index in [0.717, 1.165) is 0 Å². The van der Waals surface area contributed by atoms with Crippen LogP contribution in [0.3, 0.4) is 0 Å². The van der Waals surface area contributed by atoms with Crippen molar-refractivity contribution >= 4 is 0 Å². The first-order valence-corrected chi connectivity index (χ1v) is 3.83. The van der Waals surface area contributed by atoms with Crippen LogP contribution in [0.2, 0.25) is 0 Å². The van der Waals surface area contributed by atoms with Crippen molar-refractivity contribution in [2.75, 3.05) is 0 Å². The average molecular weight is 128 g/mol. The number of rotatable bonds is 1. The lowest BCUT2D eigenvalue weighted by Crippen LogP contribution is -2.25. The SMILES string of the molecule is C[C@H](O)C1(C)CCCC1. The molecular weight excluding hydrogens is 112 g/mol. The molecule has 0 amide bonds. The summed E-state index contributed by atoms with van der Waals surface area (Å²) in [4.78, 5) is 0. The van der Waals surface area contributed by atoms with Gasteiger partial charge in [-0.05, 0) is 25.2 Å². The van der Waals surface area contributed by atoms with Gasteiger partial charge in [0, 0.05) is 0 Å². The molecule has 0 aliphatic heterocycles. The van der Waals surface area contributed by atoms with Crippen molar-refractivity contribution in [1.29, 1.82) is 0 Å². The highest BCUT2D eigenvalue weighted by molar-refractivity contribution is 4.84. The molecule has 0 unspecified atom stereocenters. The summed E-state index contributed by atoms with van der Waals surface area (Å²) >= 11 is 0. The van der Waals surface area contributed by atoms with Crippen LogP contribution in [0.4, 0.5) is 0 Å². The fraction of sp³-hybridized carbons (Fsp3) is 1.00. The van der Waals surface area contributed by atoms with E-state index in [-0.39, 0.29) is 11.5 Å². The van der Waals surface area contributed by atoms with E-state index < -0.39 is 0 Å². The smallest absolute Gasteiger partial charge is 0.0565 e. The van der Waals surface area contributed by atoms with Gasteiger partial charge in [0.2, 0.25) is 0 Å². The van der Waals surface area contributed by atoms with Gasteiger partial charge in [-0.25, -0.2) is 0 Å². The average Bonchev–Trinajstić information content (AvgIpc) is 2.16. The molecule has 1 aliphatic carbocycles. The van der Waals surface area contributed by atoms with Gasteiger partial charge in [-0.1, -0.05) is 19.8 Å². The maximum atomic E-state index is 9.31. The predicted molar refractivity (Wildman–Crippen MR) is 38.3 cm³/mol. The molecule has 0 aromatic rings. The van der Waals surface area contributed by atoms with Crippen LogP contribution in [-0.4, -0.2) is 11.2 Å². The third kappa shape index (κ3) is 1.26. The van der Waals surface area contributed by atoms with Crippen LogP contribution in [0.5, 0.6) is 0 Å². The summed E-state index contributed by atoms with van der Waals surface area (Å²) in [5.74, 6) is 0. The van der Waals surface area contributed by atoms with Crippen molar-refractivity contribution < 1.29 is 5.11 Å². The molecule has 1 fully saturated rings. The first kappa shape index (κ1) is 7.07. The van der Waals surface area contributed by atoms with Gasteiger partial charge in [0.05, 0.1) is 6.10 Å². The highest BCUT2D eigenvalue weighted by atomic mass is 16.3. The van der Waals surface area contributed by atoms with Crippen LogP contribution in [-0.2, 0) is 0 Å². The second-order valence-corrected chi connectivity index (χ2v) is 3.54. The zero-order valence-corrected chi connectivity index (χ0v) is 6.35. The molecule has 0 radical (unpaired) electrons. The molecule has 1 saturated carbocycles. The summed E-state index contributed by atoms with van der Waals surface area (Å²) in [5.41, 5.74) is 0.250. The van der Waals surface area contributed by atoms with Gasteiger partial charge in [0.15, 0.2) is 0 Å². The summed E-state index contributed by atoms with van der Waals surface area (Å²) < 4.78 is 0. The van der Waals surface area contributed by atoms with Crippen LogP contribution in [0.15, 0.2) is 0 Å². The Morgan fingerprint density at radius 3 is 2.00 bits per heavy atom. The minimum absolute atomic E-state index is 0.111. The summed E-state index contributed by atoms with van der Waals surface area (Å²) in [6.07, 6.45) is 4.93. The van der Waals surface area contributed by atoms with Gasteiger partial charge in [-0.2, -0.15) is 0 Å². The van der Waals surface area contributed by atoms with E-state index >= 15 is 0 Å². The fourth-order valence-corrected chi connectivity index (χ4v) is 1.60. The van der Waals surface area contributed by atoms with Crippen molar-refractivity contribution in [2.45, 2.75) is 45.6 Å². The molecule has 9 heavy (non-hydrogen) atoms. The van der Waals surface area contributed by atoms with Gasteiger partial charge in [0.1, 0.15) is 0 Å². The van der Waals surface area contributed by atoms with Gasteiger partial charge < -0.3 is 5.11 Å². The third-order valence-electron chi connectivity index (χ3n) is 2.75. The maximum Gasteiger partial charge on any atom is 0.0565 e.